The summed E-state index contributed by atoms with van der Waals surface area (Å²) in [5, 5.41) is 0. The molecule has 3 aromatic carbocycles. The van der Waals surface area contributed by atoms with Crippen LogP contribution in [0.25, 0.3) is 0 Å². The third-order valence-corrected chi connectivity index (χ3v) is 6.37. The van der Waals surface area contributed by atoms with Gasteiger partial charge in [-0.25, -0.2) is 13.2 Å². The molecule has 0 radical (unpaired) electrons. The van der Waals surface area contributed by atoms with Crippen LogP contribution in [0.5, 0.6) is 5.75 Å². The van der Waals surface area contributed by atoms with E-state index in [2.05, 4.69) is 4.72 Å². The number of carbonyl (C=O) groups excluding carboxylic acids is 2. The van der Waals surface area contributed by atoms with Crippen molar-refractivity contribution in [1.82, 2.24) is 4.90 Å². The number of anilines is 1. The molecule has 1 N–H and O–H groups in total. The maximum atomic E-state index is 12.8. The predicted octanol–water partition coefficient (Wildman–Crippen LogP) is 3.70. The highest BCUT2D eigenvalue weighted by Crippen LogP contribution is 2.20. The van der Waals surface area contributed by atoms with Crippen molar-refractivity contribution in [3.8, 4) is 5.75 Å². The van der Waals surface area contributed by atoms with Gasteiger partial charge in [0, 0.05) is 19.3 Å². The quantitative estimate of drug-likeness (QED) is 0.467. The minimum absolute atomic E-state index is 0.0166. The average Bonchev–Trinajstić information content (AvgIpc) is 2.84. The first-order valence-corrected chi connectivity index (χ1v) is 11.9. The minimum Gasteiger partial charge on any atom is -0.497 e. The van der Waals surface area contributed by atoms with Gasteiger partial charge in [0.1, 0.15) is 5.75 Å². The molecule has 9 heteroatoms. The summed E-state index contributed by atoms with van der Waals surface area (Å²) in [6, 6.07) is 21.2. The Bertz CT molecular complexity index is 1240. The highest BCUT2D eigenvalue weighted by atomic mass is 32.2. The van der Waals surface area contributed by atoms with Gasteiger partial charge >= 0.3 is 5.97 Å². The fourth-order valence-corrected chi connectivity index (χ4v) is 4.29. The van der Waals surface area contributed by atoms with Crippen molar-refractivity contribution < 1.29 is 27.5 Å². The van der Waals surface area contributed by atoms with Gasteiger partial charge in [-0.15, -0.1) is 0 Å². The van der Waals surface area contributed by atoms with Crippen LogP contribution >= 0.6 is 0 Å². The third kappa shape index (κ3) is 6.35. The molecule has 1 amide bonds. The van der Waals surface area contributed by atoms with Crippen LogP contribution in [0.15, 0.2) is 83.8 Å². The zero-order valence-electron chi connectivity index (χ0n) is 19.1. The van der Waals surface area contributed by atoms with Crippen LogP contribution in [0.3, 0.4) is 0 Å². The average molecular weight is 483 g/mol. The maximum Gasteiger partial charge on any atom is 0.338 e. The molecule has 0 bridgehead atoms. The topological polar surface area (TPSA) is 102 Å². The predicted molar refractivity (Wildman–Crippen MR) is 128 cm³/mol. The summed E-state index contributed by atoms with van der Waals surface area (Å²) >= 11 is 0. The number of amides is 1. The van der Waals surface area contributed by atoms with E-state index in [-0.39, 0.29) is 16.4 Å². The number of hydrogen-bond acceptors (Lipinski definition) is 6. The third-order valence-electron chi connectivity index (χ3n) is 4.99. The summed E-state index contributed by atoms with van der Waals surface area (Å²) in [5.74, 6) is -0.580. The van der Waals surface area contributed by atoms with Crippen LogP contribution in [0.1, 0.15) is 22.8 Å². The van der Waals surface area contributed by atoms with E-state index < -0.39 is 22.1 Å². The van der Waals surface area contributed by atoms with E-state index in [9.17, 15) is 18.0 Å². The second-order valence-corrected chi connectivity index (χ2v) is 9.27. The molecule has 0 aliphatic carbocycles. The first-order chi connectivity index (χ1) is 16.2. The number of benzene rings is 3. The molecule has 0 saturated carbocycles. The Labute approximate surface area is 199 Å². The van der Waals surface area contributed by atoms with Crippen molar-refractivity contribution >= 4 is 27.6 Å². The molecule has 0 aliphatic rings. The summed E-state index contributed by atoms with van der Waals surface area (Å²) in [7, 11) is -0.819. The number of carbonyl (C=O) groups is 2. The van der Waals surface area contributed by atoms with E-state index in [4.69, 9.17) is 9.47 Å². The Morgan fingerprint density at radius 2 is 1.65 bits per heavy atom. The van der Waals surface area contributed by atoms with Gasteiger partial charge in [0.15, 0.2) is 6.10 Å². The van der Waals surface area contributed by atoms with Gasteiger partial charge in [0.2, 0.25) is 0 Å². The lowest BCUT2D eigenvalue weighted by Gasteiger charge is -2.21. The van der Waals surface area contributed by atoms with Crippen molar-refractivity contribution in [3.05, 3.63) is 90.0 Å². The molecule has 1 unspecified atom stereocenters. The van der Waals surface area contributed by atoms with E-state index in [1.54, 1.807) is 31.3 Å². The molecule has 178 valence electrons. The van der Waals surface area contributed by atoms with Crippen molar-refractivity contribution in [2.24, 2.45) is 0 Å². The van der Waals surface area contributed by atoms with Crippen LogP contribution < -0.4 is 9.46 Å². The number of esters is 1. The second kappa shape index (κ2) is 10.8. The highest BCUT2D eigenvalue weighted by molar-refractivity contribution is 7.92. The zero-order valence-corrected chi connectivity index (χ0v) is 19.9. The van der Waals surface area contributed by atoms with E-state index in [1.165, 1.54) is 43.2 Å². The zero-order chi connectivity index (χ0) is 24.7. The normalized spacial score (nSPS) is 11.9. The van der Waals surface area contributed by atoms with Gasteiger partial charge in [-0.05, 0) is 55.0 Å². The SMILES string of the molecule is COc1ccc(NS(=O)(=O)c2cccc(C(=O)OC(C)C(=O)N(C)Cc3ccccc3)c2)cc1. The van der Waals surface area contributed by atoms with Crippen LogP contribution in [0.4, 0.5) is 5.69 Å². The summed E-state index contributed by atoms with van der Waals surface area (Å²) in [6.07, 6.45) is -1.04. The van der Waals surface area contributed by atoms with Gasteiger partial charge in [-0.3, -0.25) is 9.52 Å². The van der Waals surface area contributed by atoms with E-state index in [0.717, 1.165) is 5.56 Å². The Balaban J connectivity index is 1.66. The van der Waals surface area contributed by atoms with Gasteiger partial charge in [0.25, 0.3) is 15.9 Å². The lowest BCUT2D eigenvalue weighted by atomic mass is 10.2. The van der Waals surface area contributed by atoms with E-state index in [0.29, 0.717) is 18.0 Å². The van der Waals surface area contributed by atoms with Crippen molar-refractivity contribution in [1.29, 1.82) is 0 Å². The van der Waals surface area contributed by atoms with Crippen LogP contribution in [0.2, 0.25) is 0 Å². The number of nitrogens with zero attached hydrogens (tertiary/aromatic N) is 1. The Morgan fingerprint density at radius 1 is 0.971 bits per heavy atom. The maximum absolute atomic E-state index is 12.8. The molecule has 8 nitrogen and oxygen atoms in total. The molecular weight excluding hydrogens is 456 g/mol. The summed E-state index contributed by atoms with van der Waals surface area (Å²) in [5.41, 5.74) is 1.30. The van der Waals surface area contributed by atoms with Crippen molar-refractivity contribution in [2.75, 3.05) is 18.9 Å². The van der Waals surface area contributed by atoms with Gasteiger partial charge in [-0.2, -0.15) is 0 Å². The molecule has 34 heavy (non-hydrogen) atoms. The summed E-state index contributed by atoms with van der Waals surface area (Å²) < 4.78 is 38.4. The fraction of sp³-hybridized carbons (Fsp3) is 0.200. The highest BCUT2D eigenvalue weighted by Gasteiger charge is 2.23. The molecule has 0 aliphatic heterocycles. The Hall–Kier alpha value is -3.85. The summed E-state index contributed by atoms with van der Waals surface area (Å²) in [4.78, 5) is 26.6. The van der Waals surface area contributed by atoms with Gasteiger partial charge < -0.3 is 14.4 Å². The fourth-order valence-electron chi connectivity index (χ4n) is 3.19. The lowest BCUT2D eigenvalue weighted by Crippen LogP contribution is -2.37. The number of rotatable bonds is 9. The molecule has 0 aromatic heterocycles. The standard InChI is InChI=1S/C25H26N2O6S/c1-18(24(28)27(2)17-19-8-5-4-6-9-19)33-25(29)20-10-7-11-23(16-20)34(30,31)26-21-12-14-22(32-3)15-13-21/h4-16,18,26H,17H2,1-3H3. The van der Waals surface area contributed by atoms with Gasteiger partial charge in [-0.1, -0.05) is 36.4 Å². The molecule has 3 aromatic rings. The number of ether oxygens (including phenoxy) is 2. The molecule has 0 fully saturated rings. The second-order valence-electron chi connectivity index (χ2n) is 7.59. The molecule has 3 rings (SSSR count). The monoisotopic (exact) mass is 482 g/mol. The van der Waals surface area contributed by atoms with Crippen molar-refractivity contribution in [3.63, 3.8) is 0 Å². The van der Waals surface area contributed by atoms with Gasteiger partial charge in [0.05, 0.1) is 17.6 Å². The number of likely N-dealkylation sites (N-methyl/N-ethyl adjacent to an activating group) is 1. The minimum atomic E-state index is -3.96. The van der Waals surface area contributed by atoms with Crippen LogP contribution in [0, 0.1) is 0 Å². The smallest absolute Gasteiger partial charge is 0.338 e. The number of methoxy groups -OCH3 is 1. The molecule has 0 saturated heterocycles. The Morgan fingerprint density at radius 3 is 2.29 bits per heavy atom. The molecule has 1 atom stereocenters. The largest absolute Gasteiger partial charge is 0.497 e. The lowest BCUT2D eigenvalue weighted by molar-refractivity contribution is -0.139. The van der Waals surface area contributed by atoms with Crippen LogP contribution in [-0.2, 0) is 26.1 Å². The molecule has 0 spiro atoms. The van der Waals surface area contributed by atoms with E-state index in [1.807, 2.05) is 30.3 Å². The molecular formula is C25H26N2O6S. The van der Waals surface area contributed by atoms with Crippen LogP contribution in [-0.4, -0.2) is 45.5 Å². The number of nitrogens with one attached hydrogen (secondary N) is 1. The van der Waals surface area contributed by atoms with E-state index >= 15 is 0 Å². The number of sulfonamides is 1. The number of hydrogen-bond donors (Lipinski definition) is 1. The first kappa shape index (κ1) is 24.8. The Kier molecular flexibility index (Phi) is 7.91. The summed E-state index contributed by atoms with van der Waals surface area (Å²) in [6.45, 7) is 1.85. The molecule has 0 heterocycles. The van der Waals surface area contributed by atoms with Crippen molar-refractivity contribution in [2.45, 2.75) is 24.5 Å². The first-order valence-electron chi connectivity index (χ1n) is 10.5.